The van der Waals surface area contributed by atoms with Crippen molar-refractivity contribution in [1.29, 1.82) is 0 Å². The molecule has 2 fully saturated rings. The fourth-order valence-electron chi connectivity index (χ4n) is 2.26. The van der Waals surface area contributed by atoms with E-state index >= 15 is 0 Å². The Morgan fingerprint density at radius 1 is 1.42 bits per heavy atom. The molecule has 0 radical (unpaired) electrons. The van der Waals surface area contributed by atoms with Crippen molar-refractivity contribution in [2.75, 3.05) is 26.2 Å². The third-order valence-electron chi connectivity index (χ3n) is 2.94. The number of morpholine rings is 1. The second-order valence-electron chi connectivity index (χ2n) is 4.46. The minimum atomic E-state index is 0.323. The quantitative estimate of drug-likeness (QED) is 0.536. The molecule has 2 N–H and O–H groups in total. The van der Waals surface area contributed by atoms with Crippen LogP contribution in [0.15, 0.2) is 0 Å². The lowest BCUT2D eigenvalue weighted by Gasteiger charge is -2.47. The van der Waals surface area contributed by atoms with Gasteiger partial charge in [0.25, 0.3) is 0 Å². The Bertz CT molecular complexity index is 168. The summed E-state index contributed by atoms with van der Waals surface area (Å²) in [5.41, 5.74) is 0.323. The minimum Gasteiger partial charge on any atom is -0.374 e. The summed E-state index contributed by atoms with van der Waals surface area (Å²) < 4.78 is 5.69. The normalized spacial score (nSPS) is 40.5. The van der Waals surface area contributed by atoms with Crippen LogP contribution in [0.3, 0.4) is 0 Å². The van der Waals surface area contributed by atoms with E-state index in [1.165, 1.54) is 0 Å². The molecule has 2 atom stereocenters. The van der Waals surface area contributed by atoms with Gasteiger partial charge in [-0.2, -0.15) is 0 Å². The van der Waals surface area contributed by atoms with Crippen LogP contribution in [0.5, 0.6) is 0 Å². The van der Waals surface area contributed by atoms with E-state index < -0.39 is 0 Å². The third-order valence-corrected chi connectivity index (χ3v) is 2.94. The molecule has 0 amide bonds. The summed E-state index contributed by atoms with van der Waals surface area (Å²) in [7, 11) is 0. The first-order chi connectivity index (χ1) is 5.70. The number of piperidine rings is 1. The largest absolute Gasteiger partial charge is 0.374 e. The number of rotatable bonds is 0. The van der Waals surface area contributed by atoms with Crippen LogP contribution in [0.25, 0.3) is 0 Å². The highest BCUT2D eigenvalue weighted by Crippen LogP contribution is 2.27. The summed E-state index contributed by atoms with van der Waals surface area (Å²) in [6, 6.07) is 0.535. The Balaban J connectivity index is 2.09. The van der Waals surface area contributed by atoms with Gasteiger partial charge in [-0.05, 0) is 5.41 Å². The van der Waals surface area contributed by atoms with Crippen molar-refractivity contribution in [3.8, 4) is 0 Å². The Kier molecular flexibility index (Phi) is 2.10. The van der Waals surface area contributed by atoms with Gasteiger partial charge in [-0.15, -0.1) is 0 Å². The van der Waals surface area contributed by atoms with Gasteiger partial charge < -0.3 is 15.4 Å². The van der Waals surface area contributed by atoms with Gasteiger partial charge in [0.1, 0.15) is 0 Å². The van der Waals surface area contributed by atoms with Crippen LogP contribution in [0.2, 0.25) is 0 Å². The van der Waals surface area contributed by atoms with Crippen molar-refractivity contribution in [3.63, 3.8) is 0 Å². The van der Waals surface area contributed by atoms with Crippen LogP contribution in [-0.4, -0.2) is 38.4 Å². The van der Waals surface area contributed by atoms with Crippen LogP contribution in [0.4, 0.5) is 0 Å². The number of hydrogen-bond acceptors (Lipinski definition) is 3. The molecule has 0 saturated carbocycles. The first-order valence-electron chi connectivity index (χ1n) is 4.76. The van der Waals surface area contributed by atoms with Crippen LogP contribution in [0, 0.1) is 5.41 Å². The molecule has 12 heavy (non-hydrogen) atoms. The van der Waals surface area contributed by atoms with Crippen molar-refractivity contribution in [2.45, 2.75) is 26.0 Å². The fourth-order valence-corrected chi connectivity index (χ4v) is 2.26. The van der Waals surface area contributed by atoms with Gasteiger partial charge in [0.05, 0.1) is 12.7 Å². The maximum atomic E-state index is 5.69. The van der Waals surface area contributed by atoms with Crippen LogP contribution in [0.1, 0.15) is 13.8 Å². The van der Waals surface area contributed by atoms with Crippen molar-refractivity contribution >= 4 is 0 Å². The molecule has 0 aromatic heterocycles. The van der Waals surface area contributed by atoms with Gasteiger partial charge in [0, 0.05) is 25.7 Å². The highest BCUT2D eigenvalue weighted by molar-refractivity contribution is 4.98. The molecule has 3 heteroatoms. The van der Waals surface area contributed by atoms with E-state index in [9.17, 15) is 0 Å². The maximum absolute atomic E-state index is 5.69. The van der Waals surface area contributed by atoms with Gasteiger partial charge >= 0.3 is 0 Å². The molecule has 3 nitrogen and oxygen atoms in total. The van der Waals surface area contributed by atoms with Crippen molar-refractivity contribution < 1.29 is 4.74 Å². The Hall–Kier alpha value is -0.120. The molecule has 2 aliphatic rings. The van der Waals surface area contributed by atoms with E-state index in [0.717, 1.165) is 26.2 Å². The molecule has 0 aliphatic carbocycles. The number of hydrogen-bond donors (Lipinski definition) is 2. The molecule has 2 aliphatic heterocycles. The Morgan fingerprint density at radius 2 is 2.25 bits per heavy atom. The smallest absolute Gasteiger partial charge is 0.0858 e. The van der Waals surface area contributed by atoms with E-state index in [-0.39, 0.29) is 0 Å². The number of nitrogens with one attached hydrogen (secondary N) is 2. The van der Waals surface area contributed by atoms with Gasteiger partial charge in [-0.3, -0.25) is 0 Å². The number of ether oxygens (including phenoxy) is 1. The zero-order valence-electron chi connectivity index (χ0n) is 7.89. The van der Waals surface area contributed by atoms with E-state index in [4.69, 9.17) is 4.74 Å². The first kappa shape index (κ1) is 8.48. The molecule has 2 heterocycles. The monoisotopic (exact) mass is 170 g/mol. The Labute approximate surface area is 73.9 Å². The summed E-state index contributed by atoms with van der Waals surface area (Å²) >= 11 is 0. The van der Waals surface area contributed by atoms with Gasteiger partial charge in [0.2, 0.25) is 0 Å². The number of fused-ring (bicyclic) bond motifs is 1. The lowest BCUT2D eigenvalue weighted by atomic mass is 9.78. The molecule has 0 aromatic carbocycles. The molecule has 2 rings (SSSR count). The van der Waals surface area contributed by atoms with Gasteiger partial charge in [0.15, 0.2) is 0 Å². The van der Waals surface area contributed by atoms with Gasteiger partial charge in [-0.1, -0.05) is 13.8 Å². The van der Waals surface area contributed by atoms with E-state index in [1.54, 1.807) is 0 Å². The molecule has 2 saturated heterocycles. The van der Waals surface area contributed by atoms with E-state index in [2.05, 4.69) is 24.5 Å². The highest BCUT2D eigenvalue weighted by Gasteiger charge is 2.40. The minimum absolute atomic E-state index is 0.323. The molecular formula is C9H18N2O. The molecule has 70 valence electrons. The standard InChI is InChI=1S/C9H18N2O/c1-9(2)6-10-5-7-8(9)11-3-4-12-7/h7-8,10-11H,3-6H2,1-2H3. The molecule has 0 bridgehead atoms. The van der Waals surface area contributed by atoms with Crippen molar-refractivity contribution in [3.05, 3.63) is 0 Å². The molecular weight excluding hydrogens is 152 g/mol. The highest BCUT2D eigenvalue weighted by atomic mass is 16.5. The summed E-state index contributed by atoms with van der Waals surface area (Å²) in [5, 5.41) is 6.96. The average molecular weight is 170 g/mol. The Morgan fingerprint density at radius 3 is 3.00 bits per heavy atom. The van der Waals surface area contributed by atoms with Crippen molar-refractivity contribution in [2.24, 2.45) is 5.41 Å². The lowest BCUT2D eigenvalue weighted by Crippen LogP contribution is -2.64. The van der Waals surface area contributed by atoms with Crippen molar-refractivity contribution in [1.82, 2.24) is 10.6 Å². The first-order valence-corrected chi connectivity index (χ1v) is 4.76. The van der Waals surface area contributed by atoms with Crippen LogP contribution in [-0.2, 0) is 4.74 Å². The summed E-state index contributed by atoms with van der Waals surface area (Å²) in [6.45, 7) is 8.53. The molecule has 0 aromatic rings. The maximum Gasteiger partial charge on any atom is 0.0858 e. The van der Waals surface area contributed by atoms with Gasteiger partial charge in [-0.25, -0.2) is 0 Å². The summed E-state index contributed by atoms with van der Waals surface area (Å²) in [5.74, 6) is 0. The third kappa shape index (κ3) is 1.37. The predicted molar refractivity (Wildman–Crippen MR) is 48.2 cm³/mol. The fraction of sp³-hybridized carbons (Fsp3) is 1.00. The SMILES string of the molecule is CC1(C)CNCC2OCCNC21. The van der Waals surface area contributed by atoms with Crippen LogP contribution >= 0.6 is 0 Å². The second kappa shape index (κ2) is 2.98. The topological polar surface area (TPSA) is 33.3 Å². The summed E-state index contributed by atoms with van der Waals surface area (Å²) in [6.07, 6.45) is 0.377. The summed E-state index contributed by atoms with van der Waals surface area (Å²) in [4.78, 5) is 0. The second-order valence-corrected chi connectivity index (χ2v) is 4.46. The van der Waals surface area contributed by atoms with E-state index in [1.807, 2.05) is 0 Å². The van der Waals surface area contributed by atoms with E-state index in [0.29, 0.717) is 17.6 Å². The lowest BCUT2D eigenvalue weighted by molar-refractivity contribution is -0.0554. The molecule has 2 unspecified atom stereocenters. The van der Waals surface area contributed by atoms with Crippen LogP contribution < -0.4 is 10.6 Å². The zero-order chi connectivity index (χ0) is 8.60. The zero-order valence-corrected chi connectivity index (χ0v) is 7.89. The predicted octanol–water partition coefficient (Wildman–Crippen LogP) is -0.0272. The average Bonchev–Trinajstić information content (AvgIpc) is 2.04. The molecule has 0 spiro atoms.